The number of benzene rings is 2. The Bertz CT molecular complexity index is 1900. The number of aliphatic hydroxyl groups is 2. The van der Waals surface area contributed by atoms with Gasteiger partial charge in [-0.1, -0.05) is 51.0 Å². The third-order valence-electron chi connectivity index (χ3n) is 10.2. The number of carboxylic acid groups (broad SMARTS) is 1. The molecule has 16 nitrogen and oxygen atoms in total. The number of esters is 1. The number of amides is 3. The molecule has 1 aliphatic rings. The number of nitrogens with zero attached hydrogens (tertiary/aromatic N) is 2. The van der Waals surface area contributed by atoms with Crippen LogP contribution >= 0.6 is 0 Å². The van der Waals surface area contributed by atoms with Crippen LogP contribution < -0.4 is 22.1 Å². The lowest BCUT2D eigenvalue weighted by Gasteiger charge is -2.32. The minimum Gasteiger partial charge on any atom is -0.480 e. The molecule has 6 atom stereocenters. The molecule has 324 valence electrons. The standard InChI is InChI=1S/C42H59FN6O10/c1-25(2)23-59-36(52)24-58-35-13-15-49(38(35)40(54)47-37(26(3)51)42(56)57)41(55)33(46-39(53)32(45)18-27-9-8-10-28(17-27)21-44)19-29-22-48(14-6-4-5-7-16-50)34-12-11-30(43)20-31(29)34/h8-12,17,20,22,25-26,32-33,35,37-38,50-51H,4-7,13-16,18-19,21,23-24,44-45H2,1-3H3,(H,46,53)(H,47,54)(H,56,57)/t26-,32+,33+,35+,37+,38+/m1/s1. The van der Waals surface area contributed by atoms with Gasteiger partial charge in [-0.05, 0) is 73.4 Å². The van der Waals surface area contributed by atoms with E-state index in [-0.39, 0.29) is 51.5 Å². The first-order chi connectivity index (χ1) is 28.1. The number of aryl methyl sites for hydroxylation is 1. The summed E-state index contributed by atoms with van der Waals surface area (Å²) in [7, 11) is 0. The zero-order valence-electron chi connectivity index (χ0n) is 34.0. The lowest BCUT2D eigenvalue weighted by molar-refractivity contribution is -0.155. The van der Waals surface area contributed by atoms with Gasteiger partial charge in [-0.2, -0.15) is 0 Å². The molecule has 0 spiro atoms. The second kappa shape index (κ2) is 22.4. The maximum absolute atomic E-state index is 14.8. The number of carboxylic acids is 1. The smallest absolute Gasteiger partial charge is 0.332 e. The van der Waals surface area contributed by atoms with E-state index in [1.807, 2.05) is 30.5 Å². The minimum absolute atomic E-state index is 0.0456. The van der Waals surface area contributed by atoms with Crippen molar-refractivity contribution in [3.05, 3.63) is 71.2 Å². The summed E-state index contributed by atoms with van der Waals surface area (Å²) in [6.07, 6.45) is 2.28. The Morgan fingerprint density at radius 3 is 2.39 bits per heavy atom. The number of hydrogen-bond donors (Lipinski definition) is 7. The molecule has 1 aromatic heterocycles. The van der Waals surface area contributed by atoms with Gasteiger partial charge in [0.1, 0.15) is 24.5 Å². The van der Waals surface area contributed by atoms with Crippen molar-refractivity contribution < 1.29 is 53.2 Å². The van der Waals surface area contributed by atoms with Crippen LogP contribution in [0.3, 0.4) is 0 Å². The molecule has 2 heterocycles. The van der Waals surface area contributed by atoms with E-state index < -0.39 is 78.5 Å². The van der Waals surface area contributed by atoms with Crippen LogP contribution in [0.5, 0.6) is 0 Å². The fraction of sp³-hybridized carbons (Fsp3) is 0.548. The number of rotatable bonds is 23. The highest BCUT2D eigenvalue weighted by atomic mass is 19.1. The lowest BCUT2D eigenvalue weighted by Crippen LogP contribution is -2.60. The first-order valence-corrected chi connectivity index (χ1v) is 20.1. The molecular formula is C42H59FN6O10. The Labute approximate surface area is 343 Å². The van der Waals surface area contributed by atoms with Crippen LogP contribution in [-0.4, -0.2) is 117 Å². The molecule has 1 aliphatic heterocycles. The number of aliphatic carboxylic acids is 1. The number of aromatic nitrogens is 1. The van der Waals surface area contributed by atoms with Crippen molar-refractivity contribution in [3.8, 4) is 0 Å². The summed E-state index contributed by atoms with van der Waals surface area (Å²) < 4.78 is 27.8. The summed E-state index contributed by atoms with van der Waals surface area (Å²) in [6, 6.07) is 5.85. The number of likely N-dealkylation sites (tertiary alicyclic amines) is 1. The topological polar surface area (TPSA) is 249 Å². The molecule has 0 bridgehead atoms. The highest BCUT2D eigenvalue weighted by molar-refractivity contribution is 5.96. The van der Waals surface area contributed by atoms with E-state index in [0.717, 1.165) is 35.3 Å². The van der Waals surface area contributed by atoms with Crippen LogP contribution in [0.25, 0.3) is 10.9 Å². The summed E-state index contributed by atoms with van der Waals surface area (Å²) in [6.45, 7) is 5.30. The number of unbranched alkanes of at least 4 members (excludes halogenated alkanes) is 3. The third kappa shape index (κ3) is 13.3. The number of carbonyl (C=O) groups is 5. The average Bonchev–Trinajstić information content (AvgIpc) is 3.78. The van der Waals surface area contributed by atoms with Crippen molar-refractivity contribution in [2.75, 3.05) is 26.4 Å². The van der Waals surface area contributed by atoms with Gasteiger partial charge in [0.25, 0.3) is 0 Å². The number of nitrogens with one attached hydrogen (secondary N) is 2. The van der Waals surface area contributed by atoms with Crippen LogP contribution in [0.4, 0.5) is 4.39 Å². The summed E-state index contributed by atoms with van der Waals surface area (Å²) in [5.41, 5.74) is 15.0. The zero-order chi connectivity index (χ0) is 43.2. The van der Waals surface area contributed by atoms with E-state index in [4.69, 9.17) is 20.9 Å². The van der Waals surface area contributed by atoms with Crippen molar-refractivity contribution in [2.45, 2.75) is 115 Å². The number of carbonyl (C=O) groups excluding carboxylic acids is 4. The molecule has 1 saturated heterocycles. The average molecular weight is 827 g/mol. The monoisotopic (exact) mass is 826 g/mol. The van der Waals surface area contributed by atoms with E-state index in [9.17, 15) is 43.7 Å². The second-order valence-corrected chi connectivity index (χ2v) is 15.5. The number of ether oxygens (including phenoxy) is 2. The number of fused-ring (bicyclic) bond motifs is 1. The number of nitrogens with two attached hydrogens (primary N) is 2. The maximum atomic E-state index is 14.8. The number of hydrogen-bond acceptors (Lipinski definition) is 11. The fourth-order valence-electron chi connectivity index (χ4n) is 7.17. The number of aliphatic hydroxyl groups excluding tert-OH is 2. The van der Waals surface area contributed by atoms with Gasteiger partial charge < -0.3 is 56.4 Å². The predicted octanol–water partition coefficient (Wildman–Crippen LogP) is 1.52. The number of halogens is 1. The first kappa shape index (κ1) is 46.7. The van der Waals surface area contributed by atoms with Crippen LogP contribution in [0.15, 0.2) is 48.7 Å². The summed E-state index contributed by atoms with van der Waals surface area (Å²) in [5.74, 6) is -5.08. The van der Waals surface area contributed by atoms with Crippen LogP contribution in [-0.2, 0) is 59.4 Å². The van der Waals surface area contributed by atoms with E-state index in [1.165, 1.54) is 19.1 Å². The van der Waals surface area contributed by atoms with Crippen LogP contribution in [0, 0.1) is 11.7 Å². The van der Waals surface area contributed by atoms with E-state index in [0.29, 0.717) is 29.4 Å². The van der Waals surface area contributed by atoms with Crippen molar-refractivity contribution in [3.63, 3.8) is 0 Å². The zero-order valence-corrected chi connectivity index (χ0v) is 34.0. The summed E-state index contributed by atoms with van der Waals surface area (Å²) in [4.78, 5) is 68.3. The van der Waals surface area contributed by atoms with Gasteiger partial charge in [-0.25, -0.2) is 14.0 Å². The van der Waals surface area contributed by atoms with E-state index in [1.54, 1.807) is 24.4 Å². The molecule has 9 N–H and O–H groups in total. The van der Waals surface area contributed by atoms with Gasteiger partial charge in [-0.15, -0.1) is 0 Å². The summed E-state index contributed by atoms with van der Waals surface area (Å²) in [5, 5.41) is 34.7. The van der Waals surface area contributed by atoms with Gasteiger partial charge in [0.05, 0.1) is 24.9 Å². The molecule has 0 aliphatic carbocycles. The highest BCUT2D eigenvalue weighted by Gasteiger charge is 2.46. The molecule has 59 heavy (non-hydrogen) atoms. The Balaban J connectivity index is 1.70. The molecular weight excluding hydrogens is 767 g/mol. The van der Waals surface area contributed by atoms with Crippen LogP contribution in [0.1, 0.15) is 69.6 Å². The highest BCUT2D eigenvalue weighted by Crippen LogP contribution is 2.28. The Morgan fingerprint density at radius 1 is 0.983 bits per heavy atom. The van der Waals surface area contributed by atoms with Crippen molar-refractivity contribution in [1.29, 1.82) is 0 Å². The summed E-state index contributed by atoms with van der Waals surface area (Å²) >= 11 is 0. The van der Waals surface area contributed by atoms with Gasteiger partial charge >= 0.3 is 11.9 Å². The minimum atomic E-state index is -1.74. The molecule has 17 heteroatoms. The van der Waals surface area contributed by atoms with Crippen molar-refractivity contribution >= 4 is 40.6 Å². The quantitative estimate of drug-likeness (QED) is 0.0532. The lowest BCUT2D eigenvalue weighted by atomic mass is 10.0. The maximum Gasteiger partial charge on any atom is 0.332 e. The molecule has 4 rings (SSSR count). The van der Waals surface area contributed by atoms with Gasteiger partial charge in [-0.3, -0.25) is 14.4 Å². The SMILES string of the molecule is CC(C)COC(=O)CO[C@H]1CCN(C(=O)[C@H](Cc2cn(CCCCCCO)c3ccc(F)cc23)NC(=O)[C@@H](N)Cc2cccc(CN)c2)[C@@H]1C(=O)N[C@H](C(=O)O)[C@@H](C)O. The molecule has 0 unspecified atom stereocenters. The van der Waals surface area contributed by atoms with E-state index >= 15 is 0 Å². The van der Waals surface area contributed by atoms with Gasteiger partial charge in [0.15, 0.2) is 6.04 Å². The Kier molecular flexibility index (Phi) is 17.8. The third-order valence-corrected chi connectivity index (χ3v) is 10.2. The molecule has 0 saturated carbocycles. The van der Waals surface area contributed by atoms with Crippen LogP contribution in [0.2, 0.25) is 0 Å². The van der Waals surface area contributed by atoms with E-state index in [2.05, 4.69) is 10.6 Å². The molecule has 2 aromatic carbocycles. The predicted molar refractivity (Wildman–Crippen MR) is 216 cm³/mol. The Hall–Kier alpha value is -4.94. The molecule has 3 amide bonds. The van der Waals surface area contributed by atoms with Crippen molar-refractivity contribution in [2.24, 2.45) is 17.4 Å². The van der Waals surface area contributed by atoms with Gasteiger partial charge in [0, 0.05) is 49.8 Å². The molecule has 1 fully saturated rings. The Morgan fingerprint density at radius 2 is 1.71 bits per heavy atom. The first-order valence-electron chi connectivity index (χ1n) is 20.1. The fourth-order valence-corrected chi connectivity index (χ4v) is 7.17. The van der Waals surface area contributed by atoms with Crippen molar-refractivity contribution in [1.82, 2.24) is 20.1 Å². The molecule has 0 radical (unpaired) electrons. The largest absolute Gasteiger partial charge is 0.480 e. The molecule has 3 aromatic rings. The second-order valence-electron chi connectivity index (χ2n) is 15.5. The normalized spacial score (nSPS) is 17.4. The van der Waals surface area contributed by atoms with Gasteiger partial charge in [0.2, 0.25) is 17.7 Å².